The molecule has 0 N–H and O–H groups in total. The highest BCUT2D eigenvalue weighted by Crippen LogP contribution is 2.29. The van der Waals surface area contributed by atoms with Crippen LogP contribution in [0.25, 0.3) is 0 Å². The van der Waals surface area contributed by atoms with Crippen LogP contribution >= 0.6 is 0 Å². The number of hydrogen-bond donors (Lipinski definition) is 0. The highest BCUT2D eigenvalue weighted by molar-refractivity contribution is 6.20. The van der Waals surface area contributed by atoms with Gasteiger partial charge in [-0.1, -0.05) is 12.1 Å². The maximum atomic E-state index is 13.2. The van der Waals surface area contributed by atoms with E-state index in [1.54, 1.807) is 53.7 Å². The van der Waals surface area contributed by atoms with Gasteiger partial charge >= 0.3 is 24.1 Å². The number of hydroxylamine groups is 2. The lowest BCUT2D eigenvalue weighted by atomic mass is 10.1. The number of amides is 4. The van der Waals surface area contributed by atoms with Crippen LogP contribution in [0.2, 0.25) is 0 Å². The largest absolute Gasteiger partial charge is 0.467 e. The normalized spacial score (nSPS) is 23.2. The molecule has 15 heteroatoms. The van der Waals surface area contributed by atoms with Gasteiger partial charge in [0.1, 0.15) is 29.4 Å². The number of imide groups is 1. The summed E-state index contributed by atoms with van der Waals surface area (Å²) in [5, 5.41) is 0.633. The van der Waals surface area contributed by atoms with Gasteiger partial charge in [-0.25, -0.2) is 19.2 Å². The summed E-state index contributed by atoms with van der Waals surface area (Å²) in [7, 11) is 1.20. The molecule has 2 fully saturated rings. The monoisotopic (exact) mass is 633 g/mol. The lowest BCUT2D eigenvalue weighted by Crippen LogP contribution is -2.44. The Bertz CT molecular complexity index is 1320. The Kier molecular flexibility index (Phi) is 9.73. The molecule has 0 aromatic heterocycles. The molecule has 0 spiro atoms. The minimum absolute atomic E-state index is 0.0180. The summed E-state index contributed by atoms with van der Waals surface area (Å²) in [4.78, 5) is 84.9. The number of carbonyl (C=O) groups is 6. The zero-order chi connectivity index (χ0) is 33.3. The number of ether oxygens (including phenoxy) is 5. The van der Waals surface area contributed by atoms with Crippen LogP contribution < -0.4 is 0 Å². The number of likely N-dealkylation sites (tertiary alicyclic amines) is 2. The van der Waals surface area contributed by atoms with E-state index in [0.717, 1.165) is 4.90 Å². The summed E-state index contributed by atoms with van der Waals surface area (Å²) in [6.45, 7) is 9.34. The summed E-state index contributed by atoms with van der Waals surface area (Å²) in [5.41, 5.74) is -1.31. The molecular weight excluding hydrogens is 594 g/mol. The van der Waals surface area contributed by atoms with Crippen LogP contribution in [0.15, 0.2) is 24.3 Å². The van der Waals surface area contributed by atoms with Crippen molar-refractivity contribution >= 4 is 35.9 Å². The van der Waals surface area contributed by atoms with Crippen molar-refractivity contribution in [2.75, 3.05) is 27.0 Å². The average Bonchev–Trinajstić information content (AvgIpc) is 3.63. The average molecular weight is 634 g/mol. The molecule has 0 radical (unpaired) electrons. The van der Waals surface area contributed by atoms with E-state index in [-0.39, 0.29) is 37.1 Å². The summed E-state index contributed by atoms with van der Waals surface area (Å²) in [6.07, 6.45) is -3.17. The molecule has 2 saturated heterocycles. The molecule has 1 aromatic carbocycles. The van der Waals surface area contributed by atoms with Crippen molar-refractivity contribution in [2.45, 2.75) is 89.9 Å². The van der Waals surface area contributed by atoms with Crippen LogP contribution in [0, 0.1) is 0 Å². The Balaban J connectivity index is 1.39. The quantitative estimate of drug-likeness (QED) is 0.187. The number of benzene rings is 1. The van der Waals surface area contributed by atoms with Crippen molar-refractivity contribution in [3.8, 4) is 0 Å². The molecule has 3 heterocycles. The standard InChI is InChI=1S/C30H39N3O12/c1-29(2,3)43-27(38)31-14-17(12-21(31)25(36)40-7)41-16-42-26(37)22-13-18(15-32(22)28(39)44-30(4,5)6)45-33-23(34)19-10-8-9-11-20(19)24(33)35/h8-11,17-18,21-22H,12-16H2,1-7H3/t17-,18-,21+,22+/m1/s1. The van der Waals surface area contributed by atoms with E-state index >= 15 is 0 Å². The molecular formula is C30H39N3O12. The molecule has 3 aliphatic heterocycles. The Morgan fingerprint density at radius 2 is 1.22 bits per heavy atom. The Labute approximate surface area is 260 Å². The van der Waals surface area contributed by atoms with Crippen LogP contribution in [-0.2, 0) is 38.1 Å². The van der Waals surface area contributed by atoms with Crippen molar-refractivity contribution in [3.63, 3.8) is 0 Å². The molecule has 0 unspecified atom stereocenters. The first-order valence-electron chi connectivity index (χ1n) is 14.5. The lowest BCUT2D eigenvalue weighted by Gasteiger charge is -2.27. The van der Waals surface area contributed by atoms with Gasteiger partial charge in [0.05, 0.1) is 37.4 Å². The highest BCUT2D eigenvalue weighted by atomic mass is 16.7. The fourth-order valence-corrected chi connectivity index (χ4v) is 5.12. The maximum Gasteiger partial charge on any atom is 0.411 e. The fraction of sp³-hybridized carbons (Fsp3) is 0.600. The maximum absolute atomic E-state index is 13.2. The minimum atomic E-state index is -1.19. The Morgan fingerprint density at radius 3 is 1.71 bits per heavy atom. The van der Waals surface area contributed by atoms with Gasteiger partial charge in [-0.2, -0.15) is 0 Å². The summed E-state index contributed by atoms with van der Waals surface area (Å²) in [5.74, 6) is -2.80. The number of esters is 2. The molecule has 246 valence electrons. The molecule has 0 aliphatic carbocycles. The molecule has 45 heavy (non-hydrogen) atoms. The third-order valence-corrected chi connectivity index (χ3v) is 7.04. The van der Waals surface area contributed by atoms with Crippen LogP contribution in [0.5, 0.6) is 0 Å². The zero-order valence-corrected chi connectivity index (χ0v) is 26.4. The van der Waals surface area contributed by atoms with E-state index in [4.69, 9.17) is 28.5 Å². The minimum Gasteiger partial charge on any atom is -0.467 e. The van der Waals surface area contributed by atoms with Gasteiger partial charge in [-0.15, -0.1) is 5.06 Å². The highest BCUT2D eigenvalue weighted by Gasteiger charge is 2.47. The van der Waals surface area contributed by atoms with Crippen LogP contribution in [-0.4, -0.2) is 113 Å². The number of fused-ring (bicyclic) bond motifs is 1. The van der Waals surface area contributed by atoms with Crippen LogP contribution in [0.1, 0.15) is 75.1 Å². The first-order valence-corrected chi connectivity index (χ1v) is 14.5. The molecule has 4 atom stereocenters. The van der Waals surface area contributed by atoms with Crippen molar-refractivity contribution < 1.29 is 57.3 Å². The topological polar surface area (TPSA) is 168 Å². The Hall–Kier alpha value is -4.24. The Morgan fingerprint density at radius 1 is 0.756 bits per heavy atom. The molecule has 15 nitrogen and oxygen atoms in total. The van der Waals surface area contributed by atoms with E-state index in [1.807, 2.05) is 0 Å². The predicted molar refractivity (Wildman–Crippen MR) is 152 cm³/mol. The second-order valence-electron chi connectivity index (χ2n) is 12.8. The fourth-order valence-electron chi connectivity index (χ4n) is 5.12. The van der Waals surface area contributed by atoms with Crippen molar-refractivity contribution in [3.05, 3.63) is 35.4 Å². The second-order valence-corrected chi connectivity index (χ2v) is 12.8. The first-order chi connectivity index (χ1) is 21.0. The van der Waals surface area contributed by atoms with E-state index < -0.39 is 78.2 Å². The van der Waals surface area contributed by atoms with Crippen molar-refractivity contribution in [2.24, 2.45) is 0 Å². The van der Waals surface area contributed by atoms with Crippen LogP contribution in [0.4, 0.5) is 9.59 Å². The van der Waals surface area contributed by atoms with Crippen molar-refractivity contribution in [1.82, 2.24) is 14.9 Å². The number of nitrogens with zero attached hydrogens (tertiary/aromatic N) is 3. The third-order valence-electron chi connectivity index (χ3n) is 7.04. The molecule has 4 amide bonds. The molecule has 0 bridgehead atoms. The molecule has 4 rings (SSSR count). The summed E-state index contributed by atoms with van der Waals surface area (Å²) in [6, 6.07) is 4.11. The molecule has 1 aromatic rings. The van der Waals surface area contributed by atoms with Gasteiger partial charge in [0.2, 0.25) is 0 Å². The molecule has 3 aliphatic rings. The van der Waals surface area contributed by atoms with Crippen LogP contribution in [0.3, 0.4) is 0 Å². The van der Waals surface area contributed by atoms with E-state index in [9.17, 15) is 28.8 Å². The number of rotatable bonds is 7. The number of carbonyl (C=O) groups excluding carboxylic acids is 6. The van der Waals surface area contributed by atoms with Gasteiger partial charge < -0.3 is 23.7 Å². The third kappa shape index (κ3) is 7.89. The van der Waals surface area contributed by atoms with Gasteiger partial charge in [-0.3, -0.25) is 24.2 Å². The van der Waals surface area contributed by atoms with Gasteiger partial charge in [0.15, 0.2) is 6.79 Å². The number of hydrogen-bond acceptors (Lipinski definition) is 12. The van der Waals surface area contributed by atoms with Crippen molar-refractivity contribution in [1.29, 1.82) is 0 Å². The van der Waals surface area contributed by atoms with E-state index in [2.05, 4.69) is 0 Å². The number of methoxy groups -OCH3 is 1. The summed E-state index contributed by atoms with van der Waals surface area (Å²) < 4.78 is 26.7. The first kappa shape index (κ1) is 33.6. The van der Waals surface area contributed by atoms with Gasteiger partial charge in [-0.05, 0) is 53.7 Å². The molecule has 0 saturated carbocycles. The smallest absolute Gasteiger partial charge is 0.411 e. The van der Waals surface area contributed by atoms with Gasteiger partial charge in [0, 0.05) is 12.8 Å². The van der Waals surface area contributed by atoms with Gasteiger partial charge in [0.25, 0.3) is 11.8 Å². The zero-order valence-electron chi connectivity index (χ0n) is 26.4. The lowest BCUT2D eigenvalue weighted by molar-refractivity contribution is -0.165. The van der Waals surface area contributed by atoms with E-state index in [0.29, 0.717) is 5.06 Å². The van der Waals surface area contributed by atoms with E-state index in [1.165, 1.54) is 24.1 Å². The second kappa shape index (κ2) is 13.0. The summed E-state index contributed by atoms with van der Waals surface area (Å²) >= 11 is 0. The SMILES string of the molecule is COC(=O)[C@@H]1C[C@@H](OCOC(=O)[C@@H]2C[C@@H](ON3C(=O)c4ccccc4C3=O)CN2C(=O)OC(C)(C)C)CN1C(=O)OC(C)(C)C. The predicted octanol–water partition coefficient (Wildman–Crippen LogP) is 2.66.